The highest BCUT2D eigenvalue weighted by Gasteiger charge is 2.09. The minimum absolute atomic E-state index is 0.606. The molecule has 0 saturated carbocycles. The summed E-state index contributed by atoms with van der Waals surface area (Å²) < 4.78 is 5.52. The van der Waals surface area contributed by atoms with E-state index >= 15 is 0 Å². The zero-order valence-electron chi connectivity index (χ0n) is 12.2. The van der Waals surface area contributed by atoms with Crippen LogP contribution in [0.25, 0.3) is 0 Å². The standard InChI is InChI=1S/C16H20N4O/c1-2-8-21-16-10-15(18-11-19-16)20-13-5-6-14-12(9-13)4-3-7-17-14/h5-6,9-11,17H,2-4,7-8H2,1H3,(H,18,19,20). The van der Waals surface area contributed by atoms with Gasteiger partial charge in [-0.05, 0) is 43.0 Å². The molecule has 1 aliphatic heterocycles. The largest absolute Gasteiger partial charge is 0.478 e. The van der Waals surface area contributed by atoms with Crippen molar-refractivity contribution in [2.24, 2.45) is 0 Å². The first kappa shape index (κ1) is 13.7. The van der Waals surface area contributed by atoms with E-state index in [0.29, 0.717) is 12.5 Å². The highest BCUT2D eigenvalue weighted by atomic mass is 16.5. The Kier molecular flexibility index (Phi) is 4.19. The van der Waals surface area contributed by atoms with Crippen LogP contribution in [0.1, 0.15) is 25.3 Å². The maximum absolute atomic E-state index is 5.52. The van der Waals surface area contributed by atoms with Gasteiger partial charge in [0.25, 0.3) is 0 Å². The van der Waals surface area contributed by atoms with Gasteiger partial charge in [0.2, 0.25) is 5.88 Å². The molecule has 0 saturated heterocycles. The Hall–Kier alpha value is -2.30. The zero-order chi connectivity index (χ0) is 14.5. The van der Waals surface area contributed by atoms with Gasteiger partial charge >= 0.3 is 0 Å². The van der Waals surface area contributed by atoms with E-state index in [1.165, 1.54) is 24.0 Å². The molecule has 2 N–H and O–H groups in total. The molecular formula is C16H20N4O. The quantitative estimate of drug-likeness (QED) is 0.881. The predicted molar refractivity (Wildman–Crippen MR) is 84.4 cm³/mol. The molecule has 1 aromatic heterocycles. The molecule has 0 atom stereocenters. The van der Waals surface area contributed by atoms with Crippen LogP contribution in [0, 0.1) is 0 Å². The number of rotatable bonds is 5. The Balaban J connectivity index is 1.74. The van der Waals surface area contributed by atoms with E-state index in [9.17, 15) is 0 Å². The second kappa shape index (κ2) is 6.43. The molecule has 110 valence electrons. The van der Waals surface area contributed by atoms with Crippen molar-refractivity contribution in [1.82, 2.24) is 9.97 Å². The van der Waals surface area contributed by atoms with Crippen LogP contribution < -0.4 is 15.4 Å². The monoisotopic (exact) mass is 284 g/mol. The van der Waals surface area contributed by atoms with Gasteiger partial charge in [-0.25, -0.2) is 9.97 Å². The Morgan fingerprint density at radius 1 is 1.29 bits per heavy atom. The predicted octanol–water partition coefficient (Wildman–Crippen LogP) is 3.37. The van der Waals surface area contributed by atoms with Crippen LogP contribution in [-0.4, -0.2) is 23.1 Å². The number of ether oxygens (including phenoxy) is 1. The Bertz CT molecular complexity index is 615. The molecule has 0 radical (unpaired) electrons. The highest BCUT2D eigenvalue weighted by molar-refractivity contribution is 5.64. The number of aryl methyl sites for hydroxylation is 1. The van der Waals surface area contributed by atoms with Crippen molar-refractivity contribution in [3.8, 4) is 5.88 Å². The molecule has 21 heavy (non-hydrogen) atoms. The summed E-state index contributed by atoms with van der Waals surface area (Å²) in [5.41, 5.74) is 3.63. The van der Waals surface area contributed by atoms with E-state index in [-0.39, 0.29) is 0 Å². The summed E-state index contributed by atoms with van der Waals surface area (Å²) in [6.45, 7) is 3.80. The van der Waals surface area contributed by atoms with Crippen molar-refractivity contribution in [1.29, 1.82) is 0 Å². The first-order chi connectivity index (χ1) is 10.3. The molecule has 5 nitrogen and oxygen atoms in total. The Morgan fingerprint density at radius 2 is 2.24 bits per heavy atom. The lowest BCUT2D eigenvalue weighted by atomic mass is 10.0. The van der Waals surface area contributed by atoms with E-state index in [0.717, 1.165) is 30.9 Å². The average Bonchev–Trinajstić information content (AvgIpc) is 2.53. The van der Waals surface area contributed by atoms with E-state index in [1.54, 1.807) is 0 Å². The summed E-state index contributed by atoms with van der Waals surface area (Å²) in [6.07, 6.45) is 4.78. The van der Waals surface area contributed by atoms with Gasteiger partial charge in [0.05, 0.1) is 6.61 Å². The smallest absolute Gasteiger partial charge is 0.218 e. The van der Waals surface area contributed by atoms with Gasteiger partial charge in [0, 0.05) is 24.0 Å². The van der Waals surface area contributed by atoms with Gasteiger partial charge in [0.1, 0.15) is 12.1 Å². The molecule has 0 bridgehead atoms. The van der Waals surface area contributed by atoms with Gasteiger partial charge < -0.3 is 15.4 Å². The number of hydrogen-bond acceptors (Lipinski definition) is 5. The average molecular weight is 284 g/mol. The van der Waals surface area contributed by atoms with E-state index in [2.05, 4.69) is 45.7 Å². The SMILES string of the molecule is CCCOc1cc(Nc2ccc3c(c2)CCCN3)ncn1. The highest BCUT2D eigenvalue weighted by Crippen LogP contribution is 2.26. The number of nitrogens with one attached hydrogen (secondary N) is 2. The molecule has 5 heteroatoms. The van der Waals surface area contributed by atoms with Gasteiger partial charge in [-0.2, -0.15) is 0 Å². The van der Waals surface area contributed by atoms with Crippen LogP contribution in [0.5, 0.6) is 5.88 Å². The third kappa shape index (κ3) is 3.42. The fraction of sp³-hybridized carbons (Fsp3) is 0.375. The molecule has 1 aliphatic rings. The molecule has 2 heterocycles. The summed E-state index contributed by atoms with van der Waals surface area (Å²) in [4.78, 5) is 8.34. The lowest BCUT2D eigenvalue weighted by molar-refractivity contribution is 0.305. The molecule has 1 aromatic carbocycles. The van der Waals surface area contributed by atoms with Crippen LogP contribution in [0.15, 0.2) is 30.6 Å². The number of benzene rings is 1. The maximum Gasteiger partial charge on any atom is 0.218 e. The Labute approximate surface area is 124 Å². The van der Waals surface area contributed by atoms with E-state index in [1.807, 2.05) is 6.07 Å². The van der Waals surface area contributed by atoms with Gasteiger partial charge in [-0.15, -0.1) is 0 Å². The third-order valence-corrected chi connectivity index (χ3v) is 3.41. The Morgan fingerprint density at radius 3 is 3.14 bits per heavy atom. The van der Waals surface area contributed by atoms with Crippen molar-refractivity contribution in [2.45, 2.75) is 26.2 Å². The number of hydrogen-bond donors (Lipinski definition) is 2. The van der Waals surface area contributed by atoms with Crippen LogP contribution >= 0.6 is 0 Å². The summed E-state index contributed by atoms with van der Waals surface area (Å²) in [5, 5.41) is 6.72. The molecular weight excluding hydrogens is 264 g/mol. The molecule has 0 fully saturated rings. The zero-order valence-corrected chi connectivity index (χ0v) is 12.2. The number of fused-ring (bicyclic) bond motifs is 1. The van der Waals surface area contributed by atoms with Crippen LogP contribution in [0.2, 0.25) is 0 Å². The van der Waals surface area contributed by atoms with Gasteiger partial charge in [0.15, 0.2) is 0 Å². The van der Waals surface area contributed by atoms with Crippen molar-refractivity contribution in [3.05, 3.63) is 36.2 Å². The summed E-state index contributed by atoms with van der Waals surface area (Å²) in [6, 6.07) is 8.18. The van der Waals surface area contributed by atoms with Crippen LogP contribution in [0.3, 0.4) is 0 Å². The minimum Gasteiger partial charge on any atom is -0.478 e. The normalized spacial score (nSPS) is 13.2. The number of nitrogens with zero attached hydrogens (tertiary/aromatic N) is 2. The third-order valence-electron chi connectivity index (χ3n) is 3.41. The van der Waals surface area contributed by atoms with Crippen molar-refractivity contribution in [3.63, 3.8) is 0 Å². The lowest BCUT2D eigenvalue weighted by Crippen LogP contribution is -2.11. The summed E-state index contributed by atoms with van der Waals surface area (Å²) in [7, 11) is 0. The van der Waals surface area contributed by atoms with Crippen LogP contribution in [0.4, 0.5) is 17.2 Å². The summed E-state index contributed by atoms with van der Waals surface area (Å²) in [5.74, 6) is 1.36. The van der Waals surface area contributed by atoms with E-state index in [4.69, 9.17) is 4.74 Å². The second-order valence-electron chi connectivity index (χ2n) is 5.12. The maximum atomic E-state index is 5.52. The van der Waals surface area contributed by atoms with Crippen molar-refractivity contribution >= 4 is 17.2 Å². The van der Waals surface area contributed by atoms with Crippen molar-refractivity contribution < 1.29 is 4.74 Å². The minimum atomic E-state index is 0.606. The fourth-order valence-electron chi connectivity index (χ4n) is 2.39. The first-order valence-corrected chi connectivity index (χ1v) is 7.44. The molecule has 3 rings (SSSR count). The molecule has 0 spiro atoms. The lowest BCUT2D eigenvalue weighted by Gasteiger charge is -2.19. The number of anilines is 3. The van der Waals surface area contributed by atoms with E-state index < -0.39 is 0 Å². The molecule has 0 amide bonds. The van der Waals surface area contributed by atoms with Crippen LogP contribution in [-0.2, 0) is 6.42 Å². The first-order valence-electron chi connectivity index (χ1n) is 7.44. The van der Waals surface area contributed by atoms with Gasteiger partial charge in [-0.1, -0.05) is 6.92 Å². The number of aromatic nitrogens is 2. The summed E-state index contributed by atoms with van der Waals surface area (Å²) >= 11 is 0. The van der Waals surface area contributed by atoms with Crippen molar-refractivity contribution in [2.75, 3.05) is 23.8 Å². The topological polar surface area (TPSA) is 59.1 Å². The molecule has 0 unspecified atom stereocenters. The molecule has 0 aliphatic carbocycles. The molecule has 2 aromatic rings. The van der Waals surface area contributed by atoms with Gasteiger partial charge in [-0.3, -0.25) is 0 Å². The fourth-order valence-corrected chi connectivity index (χ4v) is 2.39. The second-order valence-corrected chi connectivity index (χ2v) is 5.12.